The van der Waals surface area contributed by atoms with E-state index in [2.05, 4.69) is 17.0 Å². The molecule has 0 saturated heterocycles. The summed E-state index contributed by atoms with van der Waals surface area (Å²) >= 11 is 0. The molecule has 0 fully saturated rings. The van der Waals surface area contributed by atoms with Crippen LogP contribution in [0.5, 0.6) is 5.75 Å². The molecule has 2 aliphatic heterocycles. The van der Waals surface area contributed by atoms with E-state index in [9.17, 15) is 9.59 Å². The summed E-state index contributed by atoms with van der Waals surface area (Å²) in [5.41, 5.74) is 5.24. The number of carbonyl (C=O) groups excluding carboxylic acids is 3. The predicted molar refractivity (Wildman–Crippen MR) is 133 cm³/mol. The Morgan fingerprint density at radius 1 is 1.29 bits per heavy atom. The summed E-state index contributed by atoms with van der Waals surface area (Å²) in [5, 5.41) is 0.882. The summed E-state index contributed by atoms with van der Waals surface area (Å²) < 4.78 is 15.9. The number of ether oxygens (including phenoxy) is 3. The molecule has 2 aromatic rings. The van der Waals surface area contributed by atoms with Crippen molar-refractivity contribution >= 4 is 35.5 Å². The fraction of sp³-hybridized carbons (Fsp3) is 0.407. The van der Waals surface area contributed by atoms with E-state index in [1.807, 2.05) is 33.8 Å². The van der Waals surface area contributed by atoms with Gasteiger partial charge >= 0.3 is 12.1 Å². The first-order chi connectivity index (χ1) is 16.6. The molecular formula is C27H32N2O6. The molecule has 1 aromatic carbocycles. The zero-order chi connectivity index (χ0) is 25.9. The second-order valence-electron chi connectivity index (χ2n) is 9.61. The van der Waals surface area contributed by atoms with Gasteiger partial charge in [-0.15, -0.1) is 0 Å². The molecule has 0 unspecified atom stereocenters. The molecule has 8 nitrogen and oxygen atoms in total. The van der Waals surface area contributed by atoms with Crippen LogP contribution in [0.4, 0.5) is 4.79 Å². The van der Waals surface area contributed by atoms with Crippen LogP contribution < -0.4 is 4.74 Å². The third kappa shape index (κ3) is 5.70. The van der Waals surface area contributed by atoms with E-state index >= 15 is 0 Å². The number of hydrogen-bond acceptors (Lipinski definition) is 8. The number of benzene rings is 1. The molecule has 4 rings (SSSR count). The van der Waals surface area contributed by atoms with Gasteiger partial charge < -0.3 is 23.9 Å². The minimum atomic E-state index is -0.735. The van der Waals surface area contributed by atoms with Crippen LogP contribution in [0.1, 0.15) is 52.3 Å². The fourth-order valence-electron chi connectivity index (χ4n) is 4.22. The molecule has 0 bridgehead atoms. The van der Waals surface area contributed by atoms with E-state index in [4.69, 9.17) is 24.0 Å². The molecule has 2 aliphatic rings. The van der Waals surface area contributed by atoms with E-state index < -0.39 is 11.8 Å². The normalized spacial score (nSPS) is 18.7. The maximum absolute atomic E-state index is 12.3. The zero-order valence-electron chi connectivity index (χ0n) is 21.1. The highest BCUT2D eigenvalue weighted by atomic mass is 16.7. The van der Waals surface area contributed by atoms with Gasteiger partial charge in [-0.1, -0.05) is 6.92 Å². The van der Waals surface area contributed by atoms with Crippen molar-refractivity contribution in [2.45, 2.75) is 53.2 Å². The van der Waals surface area contributed by atoms with Crippen LogP contribution in [0, 0.1) is 5.92 Å². The molecule has 0 radical (unpaired) electrons. The van der Waals surface area contributed by atoms with Crippen LogP contribution in [0.3, 0.4) is 0 Å². The van der Waals surface area contributed by atoms with E-state index in [0.717, 1.165) is 39.0 Å². The Morgan fingerprint density at radius 3 is 2.66 bits per heavy atom. The molecule has 1 atom stereocenters. The lowest BCUT2D eigenvalue weighted by atomic mass is 9.89. The molecule has 3 heterocycles. The van der Waals surface area contributed by atoms with E-state index in [-0.39, 0.29) is 11.9 Å². The number of aromatic nitrogens is 1. The summed E-state index contributed by atoms with van der Waals surface area (Å²) in [6, 6.07) is 7.42. The average Bonchev–Trinajstić information content (AvgIpc) is 3.08. The molecule has 1 aromatic heterocycles. The van der Waals surface area contributed by atoms with Crippen molar-refractivity contribution in [1.82, 2.24) is 9.88 Å². The molecule has 0 spiro atoms. The lowest BCUT2D eigenvalue weighted by Crippen LogP contribution is -2.26. The second kappa shape index (κ2) is 10.3. The lowest BCUT2D eigenvalue weighted by molar-refractivity contribution is -0.147. The smallest absolute Gasteiger partial charge is 0.461 e. The van der Waals surface area contributed by atoms with Crippen molar-refractivity contribution in [3.63, 3.8) is 0 Å². The van der Waals surface area contributed by atoms with Gasteiger partial charge in [-0.05, 0) is 81.2 Å². The van der Waals surface area contributed by atoms with Gasteiger partial charge in [0.2, 0.25) is 0 Å². The summed E-state index contributed by atoms with van der Waals surface area (Å²) in [4.78, 5) is 39.3. The average molecular weight is 481 g/mol. The number of esters is 1. The maximum atomic E-state index is 12.3. The summed E-state index contributed by atoms with van der Waals surface area (Å²) in [6.45, 7) is 12.4. The Balaban J connectivity index is 0.00000167. The van der Waals surface area contributed by atoms with Gasteiger partial charge in [-0.3, -0.25) is 4.79 Å². The SMILES string of the molecule is C=O.CC[C@H]1C(=O)OCC(C)=C1/C=C1/c2nc3ccc(OC(=O)OC(C)(C)C)cc3cc2CN1C. The van der Waals surface area contributed by atoms with Gasteiger partial charge in [0.15, 0.2) is 0 Å². The van der Waals surface area contributed by atoms with Gasteiger partial charge in [0, 0.05) is 19.0 Å². The monoisotopic (exact) mass is 480 g/mol. The third-order valence-corrected chi connectivity index (χ3v) is 5.80. The first-order valence-corrected chi connectivity index (χ1v) is 11.5. The molecule has 8 heteroatoms. The van der Waals surface area contributed by atoms with Crippen molar-refractivity contribution in [3.05, 3.63) is 52.7 Å². The Labute approximate surface area is 205 Å². The number of nitrogens with zero attached hydrogens (tertiary/aromatic N) is 2. The molecule has 0 aliphatic carbocycles. The highest BCUT2D eigenvalue weighted by Gasteiger charge is 2.30. The van der Waals surface area contributed by atoms with Crippen LogP contribution in [-0.2, 0) is 25.6 Å². The summed E-state index contributed by atoms with van der Waals surface area (Å²) in [5.74, 6) is -0.00979. The largest absolute Gasteiger partial charge is 0.514 e. The Kier molecular flexibility index (Phi) is 7.63. The first-order valence-electron chi connectivity index (χ1n) is 11.5. The maximum Gasteiger partial charge on any atom is 0.514 e. The highest BCUT2D eigenvalue weighted by Crippen LogP contribution is 2.36. The molecular weight excluding hydrogens is 448 g/mol. The van der Waals surface area contributed by atoms with Crippen LogP contribution in [0.2, 0.25) is 0 Å². The fourth-order valence-corrected chi connectivity index (χ4v) is 4.22. The van der Waals surface area contributed by atoms with E-state index in [1.54, 1.807) is 32.9 Å². The predicted octanol–water partition coefficient (Wildman–Crippen LogP) is 5.05. The quantitative estimate of drug-likeness (QED) is 0.445. The topological polar surface area (TPSA) is 95.0 Å². The van der Waals surface area contributed by atoms with Crippen molar-refractivity contribution < 1.29 is 28.6 Å². The van der Waals surface area contributed by atoms with Crippen molar-refractivity contribution in [2.24, 2.45) is 5.92 Å². The number of rotatable bonds is 3. The lowest BCUT2D eigenvalue weighted by Gasteiger charge is -2.25. The first kappa shape index (κ1) is 25.9. The Bertz CT molecular complexity index is 1210. The van der Waals surface area contributed by atoms with Crippen LogP contribution in [-0.4, -0.2) is 48.1 Å². The number of allylic oxidation sites excluding steroid dienone is 1. The summed E-state index contributed by atoms with van der Waals surface area (Å²) in [7, 11) is 2.02. The standard InChI is InChI=1S/C26H30N2O5.CH2O/c1-7-19-20(15(2)14-31-24(19)29)12-22-23-17(13-28(22)6)10-16-11-18(8-9-21(16)27-23)32-25(30)33-26(3,4)5;1-2/h8-12,19H,7,13-14H2,1-6H3;1H2/b22-12-;/t19-;/m1./s1. The minimum absolute atomic E-state index is 0.167. The van der Waals surface area contributed by atoms with E-state index in [0.29, 0.717) is 25.3 Å². The number of carbonyl (C=O) groups is 3. The third-order valence-electron chi connectivity index (χ3n) is 5.80. The van der Waals surface area contributed by atoms with Crippen molar-refractivity contribution in [2.75, 3.05) is 13.7 Å². The molecule has 0 saturated carbocycles. The Hall–Kier alpha value is -3.68. The zero-order valence-corrected chi connectivity index (χ0v) is 21.1. The van der Waals surface area contributed by atoms with Gasteiger partial charge in [0.1, 0.15) is 24.7 Å². The van der Waals surface area contributed by atoms with Crippen molar-refractivity contribution in [1.29, 1.82) is 0 Å². The molecule has 0 amide bonds. The van der Waals surface area contributed by atoms with Crippen LogP contribution in [0.15, 0.2) is 41.5 Å². The number of hydrogen-bond donors (Lipinski definition) is 0. The molecule has 35 heavy (non-hydrogen) atoms. The second-order valence-corrected chi connectivity index (χ2v) is 9.61. The summed E-state index contributed by atoms with van der Waals surface area (Å²) in [6.07, 6.45) is 2.05. The van der Waals surface area contributed by atoms with Gasteiger partial charge in [0.05, 0.1) is 22.8 Å². The van der Waals surface area contributed by atoms with Gasteiger partial charge in [-0.2, -0.15) is 0 Å². The molecule has 0 N–H and O–H groups in total. The van der Waals surface area contributed by atoms with Crippen LogP contribution >= 0.6 is 0 Å². The van der Waals surface area contributed by atoms with E-state index in [1.165, 1.54) is 0 Å². The highest BCUT2D eigenvalue weighted by molar-refractivity contribution is 5.86. The van der Waals surface area contributed by atoms with Crippen molar-refractivity contribution in [3.8, 4) is 5.75 Å². The van der Waals surface area contributed by atoms with Crippen LogP contribution in [0.25, 0.3) is 16.6 Å². The molecule has 186 valence electrons. The van der Waals surface area contributed by atoms with Gasteiger partial charge in [0.25, 0.3) is 0 Å². The number of cyclic esters (lactones) is 1. The Morgan fingerprint density at radius 2 is 2.00 bits per heavy atom. The number of fused-ring (bicyclic) bond motifs is 2. The van der Waals surface area contributed by atoms with Gasteiger partial charge in [-0.25, -0.2) is 9.78 Å². The number of pyridine rings is 1. The minimum Gasteiger partial charge on any atom is -0.461 e.